The van der Waals surface area contributed by atoms with E-state index in [1.807, 2.05) is 0 Å². The van der Waals surface area contributed by atoms with E-state index < -0.39 is 12.1 Å². The Balaban J connectivity index is -0.000000125. The van der Waals surface area contributed by atoms with Gasteiger partial charge in [0.2, 0.25) is 0 Å². The topological polar surface area (TPSA) is 60.4 Å². The summed E-state index contributed by atoms with van der Waals surface area (Å²) in [6, 6.07) is 0. The minimum absolute atomic E-state index is 0. The monoisotopic (exact) mass is 136 g/mol. The maximum absolute atomic E-state index is 9.34. The van der Waals surface area contributed by atoms with Crippen LogP contribution >= 0.6 is 0 Å². The Morgan fingerprint density at radius 2 is 1.88 bits per heavy atom. The van der Waals surface area contributed by atoms with Crippen LogP contribution in [-0.4, -0.2) is 46.7 Å². The van der Waals surface area contributed by atoms with Crippen molar-refractivity contribution >= 4 is 35.5 Å². The summed E-state index contributed by atoms with van der Waals surface area (Å²) >= 11 is 0. The van der Waals surface area contributed by atoms with Gasteiger partial charge in [-0.2, -0.15) is 0 Å². The van der Waals surface area contributed by atoms with Crippen LogP contribution in [-0.2, 0) is 4.79 Å². The molecule has 0 aromatic carbocycles. The van der Waals surface area contributed by atoms with E-state index in [4.69, 9.17) is 5.11 Å². The van der Waals surface area contributed by atoms with Crippen LogP contribution in [0, 0.1) is 0 Å². The molecule has 0 fully saturated rings. The standard InChI is InChI=1S/C3H6O3.2Na.H/c1-2(4)3(5)6;;;/h2,4H,1H3,(H,5,6);;;/q;;+1;/p-1. The van der Waals surface area contributed by atoms with Crippen molar-refractivity contribution in [1.29, 1.82) is 0 Å². The number of aliphatic carboxylic acids is 1. The average Bonchev–Trinajstić information content (AvgIpc) is 1.36. The van der Waals surface area contributed by atoms with Gasteiger partial charge >= 0.3 is 59.1 Å². The SMILES string of the molecule is CC(O)C(=O)[O-].[Na+].[NaH]. The van der Waals surface area contributed by atoms with Crippen LogP contribution in [0.2, 0.25) is 0 Å². The number of rotatable bonds is 1. The molecule has 0 rings (SSSR count). The van der Waals surface area contributed by atoms with E-state index in [9.17, 15) is 9.90 Å². The number of aliphatic hydroxyl groups is 1. The van der Waals surface area contributed by atoms with E-state index >= 15 is 0 Å². The summed E-state index contributed by atoms with van der Waals surface area (Å²) in [5.41, 5.74) is 0. The van der Waals surface area contributed by atoms with E-state index in [-0.39, 0.29) is 59.1 Å². The first-order valence-electron chi connectivity index (χ1n) is 1.53. The fraction of sp³-hybridized carbons (Fsp3) is 0.667. The molecule has 1 N–H and O–H groups in total. The molecule has 1 atom stereocenters. The minimum atomic E-state index is -1.44. The first kappa shape index (κ1) is 16.2. The average molecular weight is 136 g/mol. The van der Waals surface area contributed by atoms with Crippen LogP contribution in [0.1, 0.15) is 6.92 Å². The number of aliphatic hydroxyl groups excluding tert-OH is 1. The number of hydrogen-bond acceptors (Lipinski definition) is 3. The van der Waals surface area contributed by atoms with Gasteiger partial charge in [0.15, 0.2) is 0 Å². The Morgan fingerprint density at radius 1 is 1.75 bits per heavy atom. The van der Waals surface area contributed by atoms with Crippen LogP contribution in [0.5, 0.6) is 0 Å². The molecule has 0 aromatic rings. The molecule has 3 nitrogen and oxygen atoms in total. The number of carboxylic acids is 1. The van der Waals surface area contributed by atoms with Gasteiger partial charge < -0.3 is 15.0 Å². The second-order valence-electron chi connectivity index (χ2n) is 0.995. The van der Waals surface area contributed by atoms with E-state index in [0.717, 1.165) is 6.92 Å². The summed E-state index contributed by atoms with van der Waals surface area (Å²) in [5, 5.41) is 17.3. The third-order valence-corrected chi connectivity index (χ3v) is 0.341. The zero-order valence-electron chi connectivity index (χ0n) is 4.34. The van der Waals surface area contributed by atoms with Gasteiger partial charge in [0.1, 0.15) is 0 Å². The summed E-state index contributed by atoms with van der Waals surface area (Å²) in [4.78, 5) is 9.34. The number of hydrogen-bond donors (Lipinski definition) is 1. The van der Waals surface area contributed by atoms with Gasteiger partial charge in [-0.25, -0.2) is 0 Å². The molecule has 0 saturated carbocycles. The van der Waals surface area contributed by atoms with E-state index in [1.165, 1.54) is 0 Å². The van der Waals surface area contributed by atoms with Gasteiger partial charge in [-0.1, -0.05) is 0 Å². The van der Waals surface area contributed by atoms with Crippen molar-refractivity contribution in [1.82, 2.24) is 0 Å². The zero-order chi connectivity index (χ0) is 5.15. The molecule has 0 spiro atoms. The van der Waals surface area contributed by atoms with Gasteiger partial charge in [-0.3, -0.25) is 0 Å². The van der Waals surface area contributed by atoms with Crippen molar-refractivity contribution in [3.05, 3.63) is 0 Å². The molecule has 0 aliphatic heterocycles. The Morgan fingerprint density at radius 3 is 1.88 bits per heavy atom. The van der Waals surface area contributed by atoms with Crippen molar-refractivity contribution in [3.63, 3.8) is 0 Å². The van der Waals surface area contributed by atoms with Gasteiger partial charge in [-0.05, 0) is 6.92 Å². The van der Waals surface area contributed by atoms with Crippen LogP contribution in [0.4, 0.5) is 0 Å². The zero-order valence-corrected chi connectivity index (χ0v) is 6.34. The molecular weight excluding hydrogens is 130 g/mol. The summed E-state index contributed by atoms with van der Waals surface area (Å²) < 4.78 is 0. The fourth-order valence-corrected chi connectivity index (χ4v) is 0. The summed E-state index contributed by atoms with van der Waals surface area (Å²) in [6.07, 6.45) is -1.34. The molecule has 0 aliphatic rings. The predicted molar refractivity (Wildman–Crippen MR) is 23.8 cm³/mol. The molecule has 5 heteroatoms. The molecule has 0 heterocycles. The summed E-state index contributed by atoms with van der Waals surface area (Å²) in [5.74, 6) is -1.44. The van der Waals surface area contributed by atoms with Gasteiger partial charge in [0.25, 0.3) is 0 Å². The first-order valence-corrected chi connectivity index (χ1v) is 1.53. The van der Waals surface area contributed by atoms with Crippen molar-refractivity contribution in [2.75, 3.05) is 0 Å². The first-order chi connectivity index (χ1) is 2.64. The Kier molecular flexibility index (Phi) is 17.1. The summed E-state index contributed by atoms with van der Waals surface area (Å²) in [7, 11) is 0. The van der Waals surface area contributed by atoms with Gasteiger partial charge in [0.05, 0.1) is 12.1 Å². The van der Waals surface area contributed by atoms with E-state index in [0.29, 0.717) is 0 Å². The second kappa shape index (κ2) is 8.43. The summed E-state index contributed by atoms with van der Waals surface area (Å²) in [6.45, 7) is 1.13. The molecule has 0 aromatic heterocycles. The van der Waals surface area contributed by atoms with Crippen LogP contribution in [0.3, 0.4) is 0 Å². The molecule has 38 valence electrons. The molecular formula is C3H6Na2O3. The third-order valence-electron chi connectivity index (χ3n) is 0.341. The van der Waals surface area contributed by atoms with Crippen molar-refractivity contribution in [2.24, 2.45) is 0 Å². The van der Waals surface area contributed by atoms with Crippen molar-refractivity contribution < 1.29 is 44.6 Å². The van der Waals surface area contributed by atoms with Crippen molar-refractivity contribution in [3.8, 4) is 0 Å². The van der Waals surface area contributed by atoms with E-state index in [2.05, 4.69) is 0 Å². The second-order valence-corrected chi connectivity index (χ2v) is 0.995. The predicted octanol–water partition coefficient (Wildman–Crippen LogP) is -5.53. The molecule has 1 unspecified atom stereocenters. The molecule has 0 saturated heterocycles. The maximum atomic E-state index is 9.34. The Hall–Kier alpha value is 1.43. The number of carboxylic acid groups (broad SMARTS) is 1. The Labute approximate surface area is 92.0 Å². The van der Waals surface area contributed by atoms with Crippen LogP contribution < -0.4 is 34.7 Å². The number of carbonyl (C=O) groups is 1. The molecule has 0 amide bonds. The number of carbonyl (C=O) groups excluding carboxylic acids is 1. The van der Waals surface area contributed by atoms with Gasteiger partial charge in [0, 0.05) is 0 Å². The fourth-order valence-electron chi connectivity index (χ4n) is 0. The molecule has 8 heavy (non-hydrogen) atoms. The van der Waals surface area contributed by atoms with Crippen molar-refractivity contribution in [2.45, 2.75) is 13.0 Å². The van der Waals surface area contributed by atoms with Gasteiger partial charge in [-0.15, -0.1) is 0 Å². The Bertz CT molecular complexity index is 63.5. The van der Waals surface area contributed by atoms with E-state index in [1.54, 1.807) is 0 Å². The third kappa shape index (κ3) is 10.4. The molecule has 0 aliphatic carbocycles. The van der Waals surface area contributed by atoms with Crippen LogP contribution in [0.25, 0.3) is 0 Å². The van der Waals surface area contributed by atoms with Crippen LogP contribution in [0.15, 0.2) is 0 Å². The normalized spacial score (nSPS) is 10.2. The molecule has 0 bridgehead atoms. The molecule has 0 radical (unpaired) electrons. The quantitative estimate of drug-likeness (QED) is 0.366.